The molecule has 0 saturated heterocycles. The normalized spacial score (nSPS) is 29.8. The first kappa shape index (κ1) is 13.8. The van der Waals surface area contributed by atoms with Crippen molar-refractivity contribution >= 4 is 11.9 Å². The largest absolute Gasteiger partial charge is 0.481 e. The summed E-state index contributed by atoms with van der Waals surface area (Å²) in [7, 11) is 0. The van der Waals surface area contributed by atoms with Gasteiger partial charge < -0.3 is 14.9 Å². The molecule has 1 fully saturated rings. The number of amides is 1. The van der Waals surface area contributed by atoms with E-state index in [4.69, 9.17) is 4.52 Å². The van der Waals surface area contributed by atoms with Gasteiger partial charge in [-0.1, -0.05) is 17.3 Å². The Morgan fingerprint density at radius 3 is 2.71 bits per heavy atom. The van der Waals surface area contributed by atoms with Gasteiger partial charge in [0.25, 0.3) is 0 Å². The first-order valence-electron chi connectivity index (χ1n) is 7.04. The maximum Gasteiger partial charge on any atom is 0.307 e. The Balaban J connectivity index is 1.57. The molecule has 0 radical (unpaired) electrons. The predicted octanol–water partition coefficient (Wildman–Crippen LogP) is 0.560. The SMILES string of the molecule is Cc1nc(CCNC(=O)[C@H]2C3C=CC(C3)[C@H]2C(=O)O)no1. The van der Waals surface area contributed by atoms with Crippen LogP contribution in [0.15, 0.2) is 16.7 Å². The van der Waals surface area contributed by atoms with Gasteiger partial charge in [0.05, 0.1) is 11.8 Å². The third-order valence-corrected chi connectivity index (χ3v) is 4.26. The maximum atomic E-state index is 12.3. The van der Waals surface area contributed by atoms with E-state index in [1.165, 1.54) is 0 Å². The highest BCUT2D eigenvalue weighted by Crippen LogP contribution is 2.48. The number of carboxylic acids is 1. The summed E-state index contributed by atoms with van der Waals surface area (Å²) in [6.07, 6.45) is 5.13. The number of aliphatic carboxylic acids is 1. The van der Waals surface area contributed by atoms with Crippen LogP contribution in [0.1, 0.15) is 18.1 Å². The third kappa shape index (κ3) is 2.55. The van der Waals surface area contributed by atoms with Crippen LogP contribution in [0, 0.1) is 30.6 Å². The number of carbonyl (C=O) groups excluding carboxylic acids is 1. The van der Waals surface area contributed by atoms with Gasteiger partial charge in [-0.15, -0.1) is 0 Å². The highest BCUT2D eigenvalue weighted by Gasteiger charge is 2.51. The van der Waals surface area contributed by atoms with Crippen LogP contribution < -0.4 is 5.32 Å². The van der Waals surface area contributed by atoms with E-state index in [0.717, 1.165) is 6.42 Å². The zero-order valence-electron chi connectivity index (χ0n) is 11.7. The van der Waals surface area contributed by atoms with Crippen LogP contribution in [0.3, 0.4) is 0 Å². The molecule has 2 aliphatic carbocycles. The number of rotatable bonds is 5. The summed E-state index contributed by atoms with van der Waals surface area (Å²) in [5.74, 6) is -1.10. The summed E-state index contributed by atoms with van der Waals surface area (Å²) in [5, 5.41) is 15.9. The number of nitrogens with one attached hydrogen (secondary N) is 1. The molecule has 1 heterocycles. The molecule has 2 N–H and O–H groups in total. The number of hydrogen-bond acceptors (Lipinski definition) is 5. The molecule has 112 valence electrons. The molecule has 3 rings (SSSR count). The average molecular weight is 291 g/mol. The van der Waals surface area contributed by atoms with Crippen molar-refractivity contribution in [2.75, 3.05) is 6.54 Å². The lowest BCUT2D eigenvalue weighted by molar-refractivity contribution is -0.147. The highest BCUT2D eigenvalue weighted by molar-refractivity contribution is 5.86. The molecule has 7 heteroatoms. The molecular formula is C14H17N3O4. The number of aryl methyl sites for hydroxylation is 1. The molecule has 0 aliphatic heterocycles. The van der Waals surface area contributed by atoms with Crippen LogP contribution in [0.4, 0.5) is 0 Å². The molecule has 2 aliphatic rings. The van der Waals surface area contributed by atoms with Crippen LogP contribution in [-0.4, -0.2) is 33.7 Å². The lowest BCUT2D eigenvalue weighted by Gasteiger charge is -2.23. The van der Waals surface area contributed by atoms with E-state index >= 15 is 0 Å². The van der Waals surface area contributed by atoms with Crippen molar-refractivity contribution in [3.63, 3.8) is 0 Å². The Hall–Kier alpha value is -2.18. The fraction of sp³-hybridized carbons (Fsp3) is 0.571. The van der Waals surface area contributed by atoms with Crippen LogP contribution in [0.2, 0.25) is 0 Å². The number of allylic oxidation sites excluding steroid dienone is 2. The fourth-order valence-corrected chi connectivity index (χ4v) is 3.37. The summed E-state index contributed by atoms with van der Waals surface area (Å²) in [5.41, 5.74) is 0. The summed E-state index contributed by atoms with van der Waals surface area (Å²) < 4.78 is 4.85. The Kier molecular flexibility index (Phi) is 3.48. The lowest BCUT2D eigenvalue weighted by atomic mass is 9.82. The molecular weight excluding hydrogens is 274 g/mol. The minimum absolute atomic E-state index is 0.0110. The van der Waals surface area contributed by atoms with Gasteiger partial charge in [-0.25, -0.2) is 0 Å². The van der Waals surface area contributed by atoms with Crippen molar-refractivity contribution in [1.82, 2.24) is 15.5 Å². The van der Waals surface area contributed by atoms with E-state index in [-0.39, 0.29) is 17.7 Å². The first-order valence-corrected chi connectivity index (χ1v) is 7.04. The van der Waals surface area contributed by atoms with Gasteiger partial charge in [0.2, 0.25) is 11.8 Å². The molecule has 4 atom stereocenters. The topological polar surface area (TPSA) is 105 Å². The van der Waals surface area contributed by atoms with Gasteiger partial charge in [-0.05, 0) is 18.3 Å². The number of carboxylic acid groups (broad SMARTS) is 1. The highest BCUT2D eigenvalue weighted by atomic mass is 16.5. The van der Waals surface area contributed by atoms with E-state index < -0.39 is 17.8 Å². The molecule has 1 saturated carbocycles. The third-order valence-electron chi connectivity index (χ3n) is 4.26. The standard InChI is InChI=1S/C14H17N3O4/c1-7-16-10(17-21-7)4-5-15-13(18)11-8-2-3-9(6-8)12(11)14(19)20/h2-3,8-9,11-12H,4-6H2,1H3,(H,15,18)(H,19,20)/t8?,9?,11-,12+/m0/s1. The van der Waals surface area contributed by atoms with Crippen molar-refractivity contribution in [3.8, 4) is 0 Å². The molecule has 1 aromatic rings. The van der Waals surface area contributed by atoms with Crippen LogP contribution in [0.5, 0.6) is 0 Å². The second-order valence-corrected chi connectivity index (χ2v) is 5.61. The second kappa shape index (κ2) is 5.31. The number of hydrogen-bond donors (Lipinski definition) is 2. The van der Waals surface area contributed by atoms with Crippen molar-refractivity contribution in [2.45, 2.75) is 19.8 Å². The van der Waals surface area contributed by atoms with Crippen molar-refractivity contribution in [3.05, 3.63) is 23.9 Å². The van der Waals surface area contributed by atoms with Crippen molar-refractivity contribution in [1.29, 1.82) is 0 Å². The smallest absolute Gasteiger partial charge is 0.307 e. The average Bonchev–Trinajstić information content (AvgIpc) is 3.13. The number of nitrogens with zero attached hydrogens (tertiary/aromatic N) is 2. The van der Waals surface area contributed by atoms with Gasteiger partial charge in [0.1, 0.15) is 0 Å². The molecule has 2 unspecified atom stereocenters. The van der Waals surface area contributed by atoms with E-state index in [0.29, 0.717) is 24.7 Å². The van der Waals surface area contributed by atoms with Crippen LogP contribution in [0.25, 0.3) is 0 Å². The number of carbonyl (C=O) groups is 2. The number of fused-ring (bicyclic) bond motifs is 2. The maximum absolute atomic E-state index is 12.3. The predicted molar refractivity (Wildman–Crippen MR) is 71.1 cm³/mol. The van der Waals surface area contributed by atoms with Crippen molar-refractivity contribution in [2.24, 2.45) is 23.7 Å². The quantitative estimate of drug-likeness (QED) is 0.768. The Morgan fingerprint density at radius 2 is 2.10 bits per heavy atom. The fourth-order valence-electron chi connectivity index (χ4n) is 3.37. The molecule has 0 aromatic carbocycles. The molecule has 0 spiro atoms. The van der Waals surface area contributed by atoms with E-state index in [1.54, 1.807) is 6.92 Å². The van der Waals surface area contributed by atoms with E-state index in [2.05, 4.69) is 15.5 Å². The Morgan fingerprint density at radius 1 is 1.38 bits per heavy atom. The van der Waals surface area contributed by atoms with Crippen LogP contribution >= 0.6 is 0 Å². The molecule has 7 nitrogen and oxygen atoms in total. The van der Waals surface area contributed by atoms with Gasteiger partial charge >= 0.3 is 5.97 Å². The van der Waals surface area contributed by atoms with Crippen molar-refractivity contribution < 1.29 is 19.2 Å². The molecule has 21 heavy (non-hydrogen) atoms. The zero-order valence-corrected chi connectivity index (χ0v) is 11.7. The molecule has 2 bridgehead atoms. The van der Waals surface area contributed by atoms with Gasteiger partial charge in [0.15, 0.2) is 5.82 Å². The van der Waals surface area contributed by atoms with Gasteiger partial charge in [0, 0.05) is 19.9 Å². The van der Waals surface area contributed by atoms with Gasteiger partial charge in [-0.2, -0.15) is 4.98 Å². The van der Waals surface area contributed by atoms with Gasteiger partial charge in [-0.3, -0.25) is 9.59 Å². The Bertz CT molecular complexity index is 595. The summed E-state index contributed by atoms with van der Waals surface area (Å²) in [6, 6.07) is 0. The number of aromatic nitrogens is 2. The minimum atomic E-state index is -0.888. The van der Waals surface area contributed by atoms with E-state index in [9.17, 15) is 14.7 Å². The monoisotopic (exact) mass is 291 g/mol. The minimum Gasteiger partial charge on any atom is -0.481 e. The molecule has 1 amide bonds. The summed E-state index contributed by atoms with van der Waals surface area (Å²) in [4.78, 5) is 27.7. The lowest BCUT2D eigenvalue weighted by Crippen LogP contribution is -2.40. The molecule has 1 aromatic heterocycles. The first-order chi connectivity index (χ1) is 10.1. The second-order valence-electron chi connectivity index (χ2n) is 5.61. The summed E-state index contributed by atoms with van der Waals surface area (Å²) >= 11 is 0. The zero-order chi connectivity index (χ0) is 15.0. The Labute approximate surface area is 121 Å². The summed E-state index contributed by atoms with van der Waals surface area (Å²) in [6.45, 7) is 2.08. The van der Waals surface area contributed by atoms with Crippen LogP contribution in [-0.2, 0) is 16.0 Å². The van der Waals surface area contributed by atoms with E-state index in [1.807, 2.05) is 12.2 Å².